The fourth-order valence-corrected chi connectivity index (χ4v) is 0.485. The van der Waals surface area contributed by atoms with Crippen LogP contribution < -0.4 is 3.17 Å². The summed E-state index contributed by atoms with van der Waals surface area (Å²) in [5.41, 5.74) is 0. The van der Waals surface area contributed by atoms with Crippen LogP contribution in [0.2, 0.25) is 0 Å². The van der Waals surface area contributed by atoms with Crippen LogP contribution in [0.5, 0.6) is 0 Å². The third kappa shape index (κ3) is 6.01. The monoisotopic (exact) mass is 266 g/mol. The average Bonchev–Trinajstić information content (AvgIpc) is 1.69. The average molecular weight is 266 g/mol. The van der Waals surface area contributed by atoms with E-state index in [0.29, 0.717) is 0 Å². The molecule has 0 atom stereocenters. The van der Waals surface area contributed by atoms with Crippen molar-refractivity contribution in [3.8, 4) is 0 Å². The Hall–Kier alpha value is 0.00831. The van der Waals surface area contributed by atoms with Crippen molar-refractivity contribution in [1.29, 1.82) is 0 Å². The molecule has 0 aromatic carbocycles. The van der Waals surface area contributed by atoms with Crippen molar-refractivity contribution >= 4 is 6.21 Å². The molecule has 0 aromatic rings. The molecule has 7 heavy (non-hydrogen) atoms. The first-order chi connectivity index (χ1) is 3.41. The van der Waals surface area contributed by atoms with E-state index in [-0.39, 0.29) is 0 Å². The van der Waals surface area contributed by atoms with Crippen LogP contribution in [0.4, 0.5) is 0 Å². The van der Waals surface area contributed by atoms with E-state index in [9.17, 15) is 0 Å². The topological polar surface area (TPSA) is 14.1 Å². The zero-order valence-corrected chi connectivity index (χ0v) is 7.23. The fraction of sp³-hybridized carbons (Fsp3) is 0.400. The zero-order chi connectivity index (χ0) is 5.54. The van der Waals surface area contributed by atoms with Gasteiger partial charge >= 0.3 is 54.5 Å². The van der Waals surface area contributed by atoms with Gasteiger partial charge in [0, 0.05) is 0 Å². The third-order valence-corrected chi connectivity index (χ3v) is 0.956. The van der Waals surface area contributed by atoms with Gasteiger partial charge in [0.1, 0.15) is 0 Å². The van der Waals surface area contributed by atoms with E-state index in [1.807, 2.05) is 12.3 Å². The number of hydrogen-bond donors (Lipinski definition) is 0. The van der Waals surface area contributed by atoms with Crippen molar-refractivity contribution in [2.75, 3.05) is 0 Å². The number of hydrogen-bond acceptors (Lipinski definition) is 0. The number of rotatable bonds is 2. The summed E-state index contributed by atoms with van der Waals surface area (Å²) >= 11 is 1.26. The summed E-state index contributed by atoms with van der Waals surface area (Å²) in [6.07, 6.45) is 6.96. The van der Waals surface area contributed by atoms with Gasteiger partial charge in [0.25, 0.3) is 0 Å². The molecule has 1 nitrogen and oxygen atoms in total. The van der Waals surface area contributed by atoms with Gasteiger partial charge < -0.3 is 0 Å². The first-order valence-corrected chi connectivity index (χ1v) is 3.53. The molecule has 0 aliphatic carbocycles. The van der Waals surface area contributed by atoms with Gasteiger partial charge in [-0.05, 0) is 0 Å². The van der Waals surface area contributed by atoms with E-state index in [4.69, 9.17) is 0 Å². The second-order valence-electron chi connectivity index (χ2n) is 1.09. The van der Waals surface area contributed by atoms with Crippen molar-refractivity contribution in [1.82, 2.24) is 3.17 Å². The fourth-order valence-electron chi connectivity index (χ4n) is 0.232. The Labute approximate surface area is 54.9 Å². The molecule has 0 rings (SSSR count). The van der Waals surface area contributed by atoms with Gasteiger partial charge in [-0.2, -0.15) is 0 Å². The summed E-state index contributed by atoms with van der Waals surface area (Å²) in [7, 11) is 0. The molecule has 0 spiro atoms. The van der Waals surface area contributed by atoms with Gasteiger partial charge in [0.05, 0.1) is 0 Å². The van der Waals surface area contributed by atoms with Crippen LogP contribution >= 0.6 is 0 Å². The standard InChI is InChI=1S/C5H8N.W/c1-2-3-4-5-6;/h3-5H,2H2,1H3;/q-1;+2. The quantitative estimate of drug-likeness (QED) is 0.519. The SMILES string of the molecule is CCC=CC=[N+]=[W]. The van der Waals surface area contributed by atoms with Crippen LogP contribution in [0, 0.1) is 0 Å². The summed E-state index contributed by atoms with van der Waals surface area (Å²) in [4.78, 5) is 0. The summed E-state index contributed by atoms with van der Waals surface area (Å²) in [5.74, 6) is 0. The van der Waals surface area contributed by atoms with Gasteiger partial charge in [-0.15, -0.1) is 0 Å². The van der Waals surface area contributed by atoms with Gasteiger partial charge in [0.2, 0.25) is 0 Å². The molecule has 0 fully saturated rings. The van der Waals surface area contributed by atoms with Crippen molar-refractivity contribution in [2.24, 2.45) is 0 Å². The summed E-state index contributed by atoms with van der Waals surface area (Å²) < 4.78 is 3.84. The molecule has 38 valence electrons. The first-order valence-electron chi connectivity index (χ1n) is 2.22. The molecular formula is C5H8NW+. The minimum atomic E-state index is 1.10. The molecule has 0 N–H and O–H groups in total. The Morgan fingerprint density at radius 1 is 1.71 bits per heavy atom. The summed E-state index contributed by atoms with van der Waals surface area (Å²) in [6, 6.07) is 0. The molecule has 0 bridgehead atoms. The van der Waals surface area contributed by atoms with Crippen LogP contribution in [0.1, 0.15) is 13.3 Å². The van der Waals surface area contributed by atoms with E-state index in [0.717, 1.165) is 6.42 Å². The predicted octanol–water partition coefficient (Wildman–Crippen LogP) is 0.821. The summed E-state index contributed by atoms with van der Waals surface area (Å²) in [6.45, 7) is 2.10. The van der Waals surface area contributed by atoms with E-state index in [2.05, 4.69) is 16.2 Å². The maximum atomic E-state index is 3.84. The molecule has 0 aromatic heterocycles. The predicted molar refractivity (Wildman–Crippen MR) is 27.6 cm³/mol. The second-order valence-corrected chi connectivity index (χ2v) is 1.85. The molecule has 0 saturated heterocycles. The normalized spacial score (nSPS) is 8.71. The van der Waals surface area contributed by atoms with E-state index >= 15 is 0 Å². The van der Waals surface area contributed by atoms with Crippen molar-refractivity contribution in [3.63, 3.8) is 0 Å². The first kappa shape index (κ1) is 7.01. The molecule has 0 heterocycles. The van der Waals surface area contributed by atoms with Crippen molar-refractivity contribution in [3.05, 3.63) is 12.2 Å². The van der Waals surface area contributed by atoms with Crippen LogP contribution in [0.3, 0.4) is 0 Å². The van der Waals surface area contributed by atoms with Crippen LogP contribution in [0.15, 0.2) is 12.2 Å². The number of nitrogens with zero attached hydrogens (tertiary/aromatic N) is 1. The van der Waals surface area contributed by atoms with Gasteiger partial charge in [-0.3, -0.25) is 0 Å². The Balaban J connectivity index is 3.27. The Kier molecular flexibility index (Phi) is 6.02. The second kappa shape index (κ2) is 6.01. The molecule has 2 heteroatoms. The molecule has 0 amide bonds. The molecule has 0 radical (unpaired) electrons. The van der Waals surface area contributed by atoms with Crippen LogP contribution in [0.25, 0.3) is 0 Å². The molecule has 0 saturated carbocycles. The molecule has 0 aliphatic rings. The van der Waals surface area contributed by atoms with Crippen molar-refractivity contribution in [2.45, 2.75) is 13.3 Å². The van der Waals surface area contributed by atoms with Crippen LogP contribution in [-0.4, -0.2) is 6.21 Å². The maximum absolute atomic E-state index is 3.84. The van der Waals surface area contributed by atoms with E-state index in [1.54, 1.807) is 0 Å². The Bertz CT molecular complexity index is 101. The van der Waals surface area contributed by atoms with E-state index in [1.165, 1.54) is 19.6 Å². The number of allylic oxidation sites excluding steroid dienone is 2. The van der Waals surface area contributed by atoms with E-state index < -0.39 is 0 Å². The minimum absolute atomic E-state index is 1.10. The molecule has 0 unspecified atom stereocenters. The third-order valence-electron chi connectivity index (χ3n) is 0.519. The Morgan fingerprint density at radius 3 is 2.86 bits per heavy atom. The molecular weight excluding hydrogens is 258 g/mol. The van der Waals surface area contributed by atoms with Crippen molar-refractivity contribution < 1.29 is 19.6 Å². The van der Waals surface area contributed by atoms with Gasteiger partial charge in [-0.25, -0.2) is 0 Å². The summed E-state index contributed by atoms with van der Waals surface area (Å²) in [5, 5.41) is 0. The van der Waals surface area contributed by atoms with Crippen LogP contribution in [-0.2, 0) is 19.6 Å². The zero-order valence-electron chi connectivity index (χ0n) is 4.29. The molecule has 0 aliphatic heterocycles. The Morgan fingerprint density at radius 2 is 2.43 bits per heavy atom. The van der Waals surface area contributed by atoms with Gasteiger partial charge in [-0.1, -0.05) is 0 Å². The van der Waals surface area contributed by atoms with Gasteiger partial charge in [0.15, 0.2) is 0 Å².